The monoisotopic (exact) mass is 364 g/mol. The molecule has 1 N–H and O–H groups in total. The van der Waals surface area contributed by atoms with Crippen molar-refractivity contribution in [2.45, 2.75) is 19.4 Å². The summed E-state index contributed by atoms with van der Waals surface area (Å²) in [5, 5.41) is 13.6. The zero-order valence-electron chi connectivity index (χ0n) is 13.7. The summed E-state index contributed by atoms with van der Waals surface area (Å²) >= 11 is 0. The Balaban J connectivity index is 1.49. The van der Waals surface area contributed by atoms with Crippen molar-refractivity contribution in [2.75, 3.05) is 25.4 Å². The summed E-state index contributed by atoms with van der Waals surface area (Å²) in [4.78, 5) is 12.1. The summed E-state index contributed by atoms with van der Waals surface area (Å²) in [6, 6.07) is 7.03. The molecule has 0 aliphatic carbocycles. The van der Waals surface area contributed by atoms with Gasteiger partial charge in [-0.2, -0.15) is 0 Å². The molecule has 2 heterocycles. The van der Waals surface area contributed by atoms with Crippen LogP contribution in [0.15, 0.2) is 30.6 Å². The van der Waals surface area contributed by atoms with Crippen LogP contribution in [0.2, 0.25) is 0 Å². The van der Waals surface area contributed by atoms with Crippen LogP contribution in [-0.2, 0) is 16.6 Å². The van der Waals surface area contributed by atoms with E-state index in [1.54, 1.807) is 16.8 Å². The van der Waals surface area contributed by atoms with Gasteiger partial charge in [0.25, 0.3) is 5.91 Å². The topological polar surface area (TPSA) is 110 Å². The molecular formula is C15H20N6O3S. The molecule has 1 aromatic carbocycles. The van der Waals surface area contributed by atoms with Gasteiger partial charge in [-0.25, -0.2) is 17.4 Å². The lowest BCUT2D eigenvalue weighted by molar-refractivity contribution is 0.0956. The van der Waals surface area contributed by atoms with Crippen molar-refractivity contribution in [2.24, 2.45) is 0 Å². The highest BCUT2D eigenvalue weighted by Gasteiger charge is 2.24. The number of tetrazole rings is 1. The number of carbonyl (C=O) groups excluding carboxylic acids is 1. The highest BCUT2D eigenvalue weighted by Crippen LogP contribution is 2.12. The zero-order valence-corrected chi connectivity index (χ0v) is 14.5. The lowest BCUT2D eigenvalue weighted by Gasteiger charge is -2.15. The van der Waals surface area contributed by atoms with E-state index in [1.807, 2.05) is 12.1 Å². The van der Waals surface area contributed by atoms with Crippen LogP contribution < -0.4 is 5.32 Å². The van der Waals surface area contributed by atoms with Gasteiger partial charge >= 0.3 is 0 Å². The number of aromatic nitrogens is 4. The number of hydrogen-bond acceptors (Lipinski definition) is 6. The highest BCUT2D eigenvalue weighted by atomic mass is 32.2. The second-order valence-electron chi connectivity index (χ2n) is 5.88. The van der Waals surface area contributed by atoms with E-state index in [1.165, 1.54) is 10.6 Å². The van der Waals surface area contributed by atoms with Gasteiger partial charge in [0.15, 0.2) is 0 Å². The van der Waals surface area contributed by atoms with Crippen LogP contribution in [-0.4, -0.2) is 64.2 Å². The number of sulfonamides is 1. The first-order chi connectivity index (χ1) is 12.0. The molecule has 0 unspecified atom stereocenters. The first-order valence-electron chi connectivity index (χ1n) is 8.10. The minimum Gasteiger partial charge on any atom is -0.351 e. The third-order valence-electron chi connectivity index (χ3n) is 4.06. The van der Waals surface area contributed by atoms with Crippen LogP contribution in [0.4, 0.5) is 0 Å². The molecule has 25 heavy (non-hydrogen) atoms. The van der Waals surface area contributed by atoms with Gasteiger partial charge in [-0.3, -0.25) is 4.79 Å². The highest BCUT2D eigenvalue weighted by molar-refractivity contribution is 7.89. The van der Waals surface area contributed by atoms with Gasteiger partial charge in [0.1, 0.15) is 6.33 Å². The molecule has 1 amide bonds. The van der Waals surface area contributed by atoms with Gasteiger partial charge in [0.2, 0.25) is 10.0 Å². The molecule has 0 radical (unpaired) electrons. The Morgan fingerprint density at radius 2 is 1.88 bits per heavy atom. The summed E-state index contributed by atoms with van der Waals surface area (Å²) in [6.07, 6.45) is 3.33. The van der Waals surface area contributed by atoms with E-state index in [4.69, 9.17) is 0 Å². The van der Waals surface area contributed by atoms with Gasteiger partial charge in [-0.1, -0.05) is 12.1 Å². The number of hydrogen-bond donors (Lipinski definition) is 1. The maximum atomic E-state index is 12.1. The fourth-order valence-electron chi connectivity index (χ4n) is 2.69. The van der Waals surface area contributed by atoms with Crippen molar-refractivity contribution in [1.29, 1.82) is 0 Å². The summed E-state index contributed by atoms with van der Waals surface area (Å²) < 4.78 is 27.3. The second-order valence-corrected chi connectivity index (χ2v) is 7.97. The Morgan fingerprint density at radius 3 is 2.52 bits per heavy atom. The van der Waals surface area contributed by atoms with E-state index >= 15 is 0 Å². The summed E-state index contributed by atoms with van der Waals surface area (Å²) in [5.41, 5.74) is 1.44. The minimum absolute atomic E-state index is 0.0733. The summed E-state index contributed by atoms with van der Waals surface area (Å²) in [5.74, 6) is -0.360. The third kappa shape index (κ3) is 4.60. The van der Waals surface area contributed by atoms with Crippen LogP contribution in [0.3, 0.4) is 0 Å². The smallest absolute Gasteiger partial charge is 0.251 e. The molecule has 1 aromatic heterocycles. The van der Waals surface area contributed by atoms with Crippen LogP contribution in [0.1, 0.15) is 28.8 Å². The van der Waals surface area contributed by atoms with Crippen molar-refractivity contribution in [3.8, 4) is 0 Å². The van der Waals surface area contributed by atoms with Crippen LogP contribution >= 0.6 is 0 Å². The van der Waals surface area contributed by atoms with E-state index in [-0.39, 0.29) is 18.2 Å². The Morgan fingerprint density at radius 1 is 1.16 bits per heavy atom. The molecule has 1 aliphatic rings. The SMILES string of the molecule is O=C(NCCS(=O)(=O)N1CCCC1)c1ccc(Cn2cnnn2)cc1. The maximum absolute atomic E-state index is 12.1. The van der Waals surface area contributed by atoms with Crippen LogP contribution in [0, 0.1) is 0 Å². The molecule has 9 nitrogen and oxygen atoms in total. The van der Waals surface area contributed by atoms with E-state index in [2.05, 4.69) is 20.8 Å². The lowest BCUT2D eigenvalue weighted by Crippen LogP contribution is -2.36. The number of rotatable bonds is 7. The molecule has 0 spiro atoms. The van der Waals surface area contributed by atoms with E-state index in [9.17, 15) is 13.2 Å². The Hall–Kier alpha value is -2.33. The minimum atomic E-state index is -3.28. The fourth-order valence-corrected chi connectivity index (χ4v) is 4.13. The predicted octanol–water partition coefficient (Wildman–Crippen LogP) is -0.123. The van der Waals surface area contributed by atoms with Crippen molar-refractivity contribution in [1.82, 2.24) is 29.8 Å². The Labute approximate surface area is 146 Å². The van der Waals surface area contributed by atoms with Gasteiger partial charge in [0.05, 0.1) is 12.3 Å². The second kappa shape index (κ2) is 7.70. The first-order valence-corrected chi connectivity index (χ1v) is 9.71. The van der Waals surface area contributed by atoms with Gasteiger partial charge in [-0.15, -0.1) is 5.10 Å². The molecule has 0 saturated carbocycles. The Kier molecular flexibility index (Phi) is 5.39. The lowest BCUT2D eigenvalue weighted by atomic mass is 10.1. The van der Waals surface area contributed by atoms with Gasteiger partial charge in [0, 0.05) is 25.2 Å². The fraction of sp³-hybridized carbons (Fsp3) is 0.467. The standard InChI is InChI=1S/C15H20N6O3S/c22-15(16-7-10-25(23,24)21-8-1-2-9-21)14-5-3-13(4-6-14)11-20-12-17-18-19-20/h3-6,12H,1-2,7-11H2,(H,16,22). The number of carbonyl (C=O) groups is 1. The normalized spacial score (nSPS) is 15.4. The molecule has 0 atom stereocenters. The van der Waals surface area contributed by atoms with E-state index in [0.29, 0.717) is 25.2 Å². The number of nitrogens with zero attached hydrogens (tertiary/aromatic N) is 5. The average molecular weight is 364 g/mol. The van der Waals surface area contributed by atoms with E-state index in [0.717, 1.165) is 18.4 Å². The number of benzene rings is 1. The molecule has 2 aromatic rings. The molecule has 134 valence electrons. The molecule has 0 bridgehead atoms. The molecule has 1 saturated heterocycles. The Bertz CT molecular complexity index is 798. The average Bonchev–Trinajstić information content (AvgIpc) is 3.29. The van der Waals surface area contributed by atoms with Crippen molar-refractivity contribution < 1.29 is 13.2 Å². The molecule has 10 heteroatoms. The molecule has 3 rings (SSSR count). The summed E-state index contributed by atoms with van der Waals surface area (Å²) in [7, 11) is -3.28. The number of nitrogens with one attached hydrogen (secondary N) is 1. The molecule has 1 aliphatic heterocycles. The summed E-state index contributed by atoms with van der Waals surface area (Å²) in [6.45, 7) is 1.78. The predicted molar refractivity (Wildman–Crippen MR) is 90.3 cm³/mol. The largest absolute Gasteiger partial charge is 0.351 e. The third-order valence-corrected chi connectivity index (χ3v) is 5.93. The molecular weight excluding hydrogens is 344 g/mol. The first kappa shape index (κ1) is 17.5. The van der Waals surface area contributed by atoms with Crippen LogP contribution in [0.25, 0.3) is 0 Å². The van der Waals surface area contributed by atoms with Crippen molar-refractivity contribution in [3.63, 3.8) is 0 Å². The maximum Gasteiger partial charge on any atom is 0.251 e. The van der Waals surface area contributed by atoms with E-state index < -0.39 is 10.0 Å². The molecule has 1 fully saturated rings. The van der Waals surface area contributed by atoms with Gasteiger partial charge < -0.3 is 5.32 Å². The zero-order chi connectivity index (χ0) is 17.7. The number of amides is 1. The van der Waals surface area contributed by atoms with Gasteiger partial charge in [-0.05, 0) is 41.0 Å². The quantitative estimate of drug-likeness (QED) is 0.733. The van der Waals surface area contributed by atoms with Crippen LogP contribution in [0.5, 0.6) is 0 Å². The van der Waals surface area contributed by atoms with Crippen molar-refractivity contribution >= 4 is 15.9 Å². The van der Waals surface area contributed by atoms with Crippen molar-refractivity contribution in [3.05, 3.63) is 41.7 Å².